The molecule has 146 valence electrons. The lowest BCUT2D eigenvalue weighted by Crippen LogP contribution is -2.34. The summed E-state index contributed by atoms with van der Waals surface area (Å²) in [4.78, 5) is 16.2. The molecular weight excluding hydrogens is 376 g/mol. The second-order valence-corrected chi connectivity index (χ2v) is 8.42. The zero-order valence-corrected chi connectivity index (χ0v) is 17.9. The molecule has 2 N–H and O–H groups in total. The molecule has 2 aromatic rings. The first-order valence-corrected chi connectivity index (χ1v) is 10.3. The Balaban J connectivity index is 0.00000261. The molecule has 3 rings (SSSR count). The molecule has 27 heavy (non-hydrogen) atoms. The molecule has 5 heteroatoms. The van der Waals surface area contributed by atoms with Crippen molar-refractivity contribution in [1.29, 1.82) is 0 Å². The number of nitrogens with zero attached hydrogens (tertiary/aromatic N) is 1. The second-order valence-electron chi connectivity index (χ2n) is 7.40. The van der Waals surface area contributed by atoms with E-state index in [-0.39, 0.29) is 24.4 Å². The van der Waals surface area contributed by atoms with E-state index in [9.17, 15) is 4.79 Å². The molecule has 1 saturated heterocycles. The van der Waals surface area contributed by atoms with Crippen LogP contribution in [0.25, 0.3) is 0 Å². The van der Waals surface area contributed by atoms with Crippen molar-refractivity contribution in [3.63, 3.8) is 0 Å². The van der Waals surface area contributed by atoms with Crippen molar-refractivity contribution in [2.24, 2.45) is 11.7 Å². The van der Waals surface area contributed by atoms with Crippen molar-refractivity contribution >= 4 is 30.1 Å². The number of halogens is 1. The molecular formula is C22H29ClN2OS. The fourth-order valence-corrected chi connectivity index (χ4v) is 4.65. The van der Waals surface area contributed by atoms with Gasteiger partial charge in [0.25, 0.3) is 5.91 Å². The van der Waals surface area contributed by atoms with E-state index in [0.717, 1.165) is 24.3 Å². The molecule has 1 heterocycles. The summed E-state index contributed by atoms with van der Waals surface area (Å²) in [5.41, 5.74) is 10.3. The highest BCUT2D eigenvalue weighted by Gasteiger charge is 2.32. The van der Waals surface area contributed by atoms with Crippen molar-refractivity contribution in [2.45, 2.75) is 43.9 Å². The number of carbonyl (C=O) groups is 1. The SMILES string of the molecule is Cc1ccc(C)c(SCc2cccc(C(=O)N3CC(CN)CC3C)c2)c1.Cl. The van der Waals surface area contributed by atoms with E-state index in [4.69, 9.17) is 5.73 Å². The fourth-order valence-electron chi connectivity index (χ4n) is 3.58. The van der Waals surface area contributed by atoms with Gasteiger partial charge < -0.3 is 10.6 Å². The molecule has 1 aliphatic heterocycles. The molecule has 0 aliphatic carbocycles. The van der Waals surface area contributed by atoms with E-state index >= 15 is 0 Å². The molecule has 0 aromatic heterocycles. The summed E-state index contributed by atoms with van der Waals surface area (Å²) in [5.74, 6) is 1.43. The van der Waals surface area contributed by atoms with Gasteiger partial charge in [0.1, 0.15) is 0 Å². The van der Waals surface area contributed by atoms with Crippen LogP contribution in [0.1, 0.15) is 40.4 Å². The average Bonchev–Trinajstić information content (AvgIpc) is 3.03. The van der Waals surface area contributed by atoms with E-state index in [0.29, 0.717) is 12.5 Å². The monoisotopic (exact) mass is 404 g/mol. The number of likely N-dealkylation sites (tertiary alicyclic amines) is 1. The van der Waals surface area contributed by atoms with Crippen LogP contribution in [0.2, 0.25) is 0 Å². The number of hydrogen-bond acceptors (Lipinski definition) is 3. The Kier molecular flexibility index (Phi) is 7.78. The summed E-state index contributed by atoms with van der Waals surface area (Å²) in [6, 6.07) is 14.9. The number of nitrogens with two attached hydrogens (primary N) is 1. The van der Waals surface area contributed by atoms with Gasteiger partial charge in [0.2, 0.25) is 0 Å². The third-order valence-corrected chi connectivity index (χ3v) is 6.40. The van der Waals surface area contributed by atoms with Crippen molar-refractivity contribution in [3.8, 4) is 0 Å². The van der Waals surface area contributed by atoms with Crippen molar-refractivity contribution in [1.82, 2.24) is 4.90 Å². The molecule has 1 fully saturated rings. The predicted octanol–water partition coefficient (Wildman–Crippen LogP) is 4.83. The Morgan fingerprint density at radius 2 is 2.00 bits per heavy atom. The summed E-state index contributed by atoms with van der Waals surface area (Å²) in [6.45, 7) is 7.81. The van der Waals surface area contributed by atoms with Crippen molar-refractivity contribution in [3.05, 3.63) is 64.7 Å². The lowest BCUT2D eigenvalue weighted by atomic mass is 10.1. The molecule has 1 aliphatic rings. The fraction of sp³-hybridized carbons (Fsp3) is 0.409. The van der Waals surface area contributed by atoms with Crippen LogP contribution in [0, 0.1) is 19.8 Å². The van der Waals surface area contributed by atoms with Gasteiger partial charge in [-0.25, -0.2) is 0 Å². The summed E-state index contributed by atoms with van der Waals surface area (Å²) in [6.07, 6.45) is 1.00. The molecule has 0 spiro atoms. The minimum Gasteiger partial charge on any atom is -0.336 e. The first-order chi connectivity index (χ1) is 12.5. The van der Waals surface area contributed by atoms with Crippen molar-refractivity contribution in [2.75, 3.05) is 13.1 Å². The largest absolute Gasteiger partial charge is 0.336 e. The first-order valence-electron chi connectivity index (χ1n) is 9.28. The van der Waals surface area contributed by atoms with Crippen LogP contribution < -0.4 is 5.73 Å². The molecule has 2 atom stereocenters. The average molecular weight is 405 g/mol. The van der Waals surface area contributed by atoms with Gasteiger partial charge >= 0.3 is 0 Å². The van der Waals surface area contributed by atoms with E-state index in [1.165, 1.54) is 21.6 Å². The Morgan fingerprint density at radius 3 is 2.70 bits per heavy atom. The topological polar surface area (TPSA) is 46.3 Å². The van der Waals surface area contributed by atoms with Crippen LogP contribution in [0.15, 0.2) is 47.4 Å². The zero-order chi connectivity index (χ0) is 18.7. The standard InChI is InChI=1S/C22H28N2OS.ClH/c1-15-7-8-16(2)21(9-15)26-14-18-5-4-6-20(11-18)22(25)24-13-19(12-23)10-17(24)3;/h4-9,11,17,19H,10,12-14,23H2,1-3H3;1H. The quantitative estimate of drug-likeness (QED) is 0.726. The van der Waals surface area contributed by atoms with Gasteiger partial charge in [0.15, 0.2) is 0 Å². The Bertz CT molecular complexity index is 796. The molecule has 2 unspecified atom stereocenters. The normalized spacial score (nSPS) is 19.0. The molecule has 1 amide bonds. The molecule has 0 radical (unpaired) electrons. The lowest BCUT2D eigenvalue weighted by molar-refractivity contribution is 0.0743. The third kappa shape index (κ3) is 5.28. The van der Waals surface area contributed by atoms with Crippen molar-refractivity contribution < 1.29 is 4.79 Å². The number of benzene rings is 2. The number of carbonyl (C=O) groups excluding carboxylic acids is 1. The molecule has 2 aromatic carbocycles. The van der Waals surface area contributed by atoms with E-state index in [1.54, 1.807) is 0 Å². The highest BCUT2D eigenvalue weighted by Crippen LogP contribution is 2.28. The first kappa shape index (κ1) is 21.8. The van der Waals surface area contributed by atoms with E-state index < -0.39 is 0 Å². The highest BCUT2D eigenvalue weighted by molar-refractivity contribution is 7.98. The van der Waals surface area contributed by atoms with Gasteiger partial charge in [0.05, 0.1) is 0 Å². The summed E-state index contributed by atoms with van der Waals surface area (Å²) >= 11 is 1.83. The maximum absolute atomic E-state index is 12.9. The van der Waals surface area contributed by atoms with Gasteiger partial charge in [-0.2, -0.15) is 0 Å². The summed E-state index contributed by atoms with van der Waals surface area (Å²) in [7, 11) is 0. The maximum atomic E-state index is 12.9. The Labute approximate surface area is 173 Å². The predicted molar refractivity (Wildman–Crippen MR) is 117 cm³/mol. The number of hydrogen-bond donors (Lipinski definition) is 1. The van der Waals surface area contributed by atoms with Gasteiger partial charge in [0, 0.05) is 28.8 Å². The van der Waals surface area contributed by atoms with Crippen LogP contribution in [-0.4, -0.2) is 29.9 Å². The van der Waals surface area contributed by atoms with E-state index in [2.05, 4.69) is 45.0 Å². The minimum atomic E-state index is 0. The van der Waals surface area contributed by atoms with Crippen LogP contribution in [0.5, 0.6) is 0 Å². The van der Waals surface area contributed by atoms with Crippen LogP contribution in [-0.2, 0) is 5.75 Å². The Morgan fingerprint density at radius 1 is 1.22 bits per heavy atom. The van der Waals surface area contributed by atoms with Gasteiger partial charge in [-0.15, -0.1) is 24.2 Å². The second kappa shape index (κ2) is 9.63. The number of thioether (sulfide) groups is 1. The molecule has 0 bridgehead atoms. The Hall–Kier alpha value is -1.49. The summed E-state index contributed by atoms with van der Waals surface area (Å²) in [5, 5.41) is 0. The van der Waals surface area contributed by atoms with Crippen LogP contribution >= 0.6 is 24.2 Å². The highest BCUT2D eigenvalue weighted by atomic mass is 35.5. The smallest absolute Gasteiger partial charge is 0.254 e. The van der Waals surface area contributed by atoms with Crippen LogP contribution in [0.3, 0.4) is 0 Å². The number of aryl methyl sites for hydroxylation is 2. The lowest BCUT2D eigenvalue weighted by Gasteiger charge is -2.22. The van der Waals surface area contributed by atoms with Gasteiger partial charge in [-0.3, -0.25) is 4.79 Å². The maximum Gasteiger partial charge on any atom is 0.254 e. The van der Waals surface area contributed by atoms with Crippen LogP contribution in [0.4, 0.5) is 0 Å². The van der Waals surface area contributed by atoms with Gasteiger partial charge in [-0.05, 0) is 69.0 Å². The molecule has 0 saturated carbocycles. The molecule has 3 nitrogen and oxygen atoms in total. The van der Waals surface area contributed by atoms with Gasteiger partial charge in [-0.1, -0.05) is 29.8 Å². The number of rotatable bonds is 5. The zero-order valence-electron chi connectivity index (χ0n) is 16.3. The number of amides is 1. The summed E-state index contributed by atoms with van der Waals surface area (Å²) < 4.78 is 0. The minimum absolute atomic E-state index is 0. The van der Waals surface area contributed by atoms with E-state index in [1.807, 2.05) is 34.9 Å². The third-order valence-electron chi connectivity index (χ3n) is 5.17.